The lowest BCUT2D eigenvalue weighted by molar-refractivity contribution is -0.138. The van der Waals surface area contributed by atoms with E-state index in [-0.39, 0.29) is 23.5 Å². The van der Waals surface area contributed by atoms with Gasteiger partial charge in [-0.15, -0.1) is 11.8 Å². The fraction of sp³-hybridized carbons (Fsp3) is 0.765. The standard InChI is InChI=1S/C17H32N4O7S/c1-4-28-11(2)29-10-15(24)21-12(6-5-7-13(22)18-3)17(27)20-8-14(23)19-9-16(25)26/h11-13,18,22H,4-10H2,1-3H3,(H,19,23)(H,20,27)(H,21,24)(H,25,26). The number of aliphatic hydroxyl groups excluding tert-OH is 1. The van der Waals surface area contributed by atoms with Crippen LogP contribution in [-0.2, 0) is 23.9 Å². The van der Waals surface area contributed by atoms with Gasteiger partial charge in [-0.3, -0.25) is 24.5 Å². The highest BCUT2D eigenvalue weighted by Gasteiger charge is 2.22. The van der Waals surface area contributed by atoms with Crippen LogP contribution in [0.15, 0.2) is 0 Å². The maximum atomic E-state index is 12.4. The van der Waals surface area contributed by atoms with Gasteiger partial charge in [-0.2, -0.15) is 0 Å². The summed E-state index contributed by atoms with van der Waals surface area (Å²) in [5.41, 5.74) is -0.165. The molecule has 0 spiro atoms. The minimum absolute atomic E-state index is 0.100. The lowest BCUT2D eigenvalue weighted by Gasteiger charge is -2.19. The Balaban J connectivity index is 4.64. The van der Waals surface area contributed by atoms with Gasteiger partial charge in [0.25, 0.3) is 0 Å². The Labute approximate surface area is 174 Å². The first-order chi connectivity index (χ1) is 13.7. The average molecular weight is 437 g/mol. The van der Waals surface area contributed by atoms with Crippen LogP contribution in [0.3, 0.4) is 0 Å². The summed E-state index contributed by atoms with van der Waals surface area (Å²) in [6, 6.07) is -0.887. The average Bonchev–Trinajstić information content (AvgIpc) is 2.68. The summed E-state index contributed by atoms with van der Waals surface area (Å²) >= 11 is 1.29. The molecule has 0 aromatic heterocycles. The number of hydrogen-bond donors (Lipinski definition) is 6. The van der Waals surface area contributed by atoms with E-state index >= 15 is 0 Å². The van der Waals surface area contributed by atoms with Crippen molar-refractivity contribution in [2.24, 2.45) is 0 Å². The summed E-state index contributed by atoms with van der Waals surface area (Å²) in [5, 5.41) is 27.9. The van der Waals surface area contributed by atoms with Gasteiger partial charge in [0.1, 0.15) is 24.3 Å². The van der Waals surface area contributed by atoms with Crippen molar-refractivity contribution in [1.82, 2.24) is 21.3 Å². The molecule has 168 valence electrons. The quantitative estimate of drug-likeness (QED) is 0.160. The summed E-state index contributed by atoms with van der Waals surface area (Å²) in [4.78, 5) is 46.5. The molecular formula is C17H32N4O7S. The van der Waals surface area contributed by atoms with Crippen LogP contribution < -0.4 is 21.3 Å². The van der Waals surface area contributed by atoms with Crippen LogP contribution in [0.1, 0.15) is 33.1 Å². The van der Waals surface area contributed by atoms with E-state index in [0.717, 1.165) is 0 Å². The highest BCUT2D eigenvalue weighted by molar-refractivity contribution is 8.00. The van der Waals surface area contributed by atoms with E-state index in [1.54, 1.807) is 7.05 Å². The lowest BCUT2D eigenvalue weighted by Crippen LogP contribution is -2.49. The molecule has 0 saturated heterocycles. The third kappa shape index (κ3) is 14.7. The second-order valence-electron chi connectivity index (χ2n) is 6.08. The van der Waals surface area contributed by atoms with Gasteiger partial charge in [-0.1, -0.05) is 0 Å². The monoisotopic (exact) mass is 436 g/mol. The Bertz CT molecular complexity index is 536. The van der Waals surface area contributed by atoms with Crippen LogP contribution in [0.25, 0.3) is 0 Å². The van der Waals surface area contributed by atoms with Crippen molar-refractivity contribution >= 4 is 35.5 Å². The van der Waals surface area contributed by atoms with E-state index in [1.807, 2.05) is 13.8 Å². The molecule has 0 aliphatic heterocycles. The Kier molecular flexibility index (Phi) is 14.9. The van der Waals surface area contributed by atoms with Gasteiger partial charge in [0.15, 0.2) is 0 Å². The summed E-state index contributed by atoms with van der Waals surface area (Å²) in [7, 11) is 1.60. The molecule has 29 heavy (non-hydrogen) atoms. The number of ether oxygens (including phenoxy) is 1. The van der Waals surface area contributed by atoms with E-state index in [1.165, 1.54) is 11.8 Å². The summed E-state index contributed by atoms with van der Waals surface area (Å²) in [6.45, 7) is 3.24. The van der Waals surface area contributed by atoms with Crippen LogP contribution in [-0.4, -0.2) is 84.1 Å². The summed E-state index contributed by atoms with van der Waals surface area (Å²) in [5.74, 6) is -2.67. The predicted molar refractivity (Wildman–Crippen MR) is 108 cm³/mol. The van der Waals surface area contributed by atoms with E-state index in [2.05, 4.69) is 21.3 Å². The molecule has 3 unspecified atom stereocenters. The van der Waals surface area contributed by atoms with E-state index in [0.29, 0.717) is 19.4 Å². The third-order valence-electron chi connectivity index (χ3n) is 3.67. The van der Waals surface area contributed by atoms with E-state index in [9.17, 15) is 24.3 Å². The third-order valence-corrected chi connectivity index (χ3v) is 4.70. The highest BCUT2D eigenvalue weighted by atomic mass is 32.2. The number of carboxylic acid groups (broad SMARTS) is 1. The molecule has 0 heterocycles. The largest absolute Gasteiger partial charge is 0.480 e. The summed E-state index contributed by atoms with van der Waals surface area (Å²) < 4.78 is 5.34. The molecule has 11 nitrogen and oxygen atoms in total. The second kappa shape index (κ2) is 16.0. The zero-order valence-electron chi connectivity index (χ0n) is 17.0. The van der Waals surface area contributed by atoms with Crippen LogP contribution >= 0.6 is 11.8 Å². The summed E-state index contributed by atoms with van der Waals surface area (Å²) in [6.07, 6.45) is 0.372. The number of amides is 3. The lowest BCUT2D eigenvalue weighted by atomic mass is 10.1. The highest BCUT2D eigenvalue weighted by Crippen LogP contribution is 2.11. The number of aliphatic carboxylic acids is 1. The smallest absolute Gasteiger partial charge is 0.322 e. The molecule has 0 rings (SSSR count). The van der Waals surface area contributed by atoms with Crippen molar-refractivity contribution < 1.29 is 34.1 Å². The maximum Gasteiger partial charge on any atom is 0.322 e. The number of hydrogen-bond acceptors (Lipinski definition) is 8. The molecule has 0 aromatic rings. The van der Waals surface area contributed by atoms with Crippen molar-refractivity contribution in [2.45, 2.75) is 50.8 Å². The first-order valence-electron chi connectivity index (χ1n) is 9.33. The topological polar surface area (TPSA) is 166 Å². The Hall–Kier alpha value is -1.89. The Morgan fingerprint density at radius 2 is 1.76 bits per heavy atom. The predicted octanol–water partition coefficient (Wildman–Crippen LogP) is -1.39. The zero-order valence-corrected chi connectivity index (χ0v) is 17.8. The molecule has 0 aromatic carbocycles. The van der Waals surface area contributed by atoms with Crippen molar-refractivity contribution in [2.75, 3.05) is 32.5 Å². The number of carbonyl (C=O) groups is 4. The molecule has 12 heteroatoms. The van der Waals surface area contributed by atoms with Crippen molar-refractivity contribution in [3.8, 4) is 0 Å². The Morgan fingerprint density at radius 3 is 2.34 bits per heavy atom. The molecule has 3 atom stereocenters. The van der Waals surface area contributed by atoms with Crippen LogP contribution in [0.4, 0.5) is 0 Å². The van der Waals surface area contributed by atoms with Crippen molar-refractivity contribution in [1.29, 1.82) is 0 Å². The molecule has 0 radical (unpaired) electrons. The maximum absolute atomic E-state index is 12.4. The van der Waals surface area contributed by atoms with Crippen LogP contribution in [0.2, 0.25) is 0 Å². The zero-order chi connectivity index (χ0) is 22.2. The van der Waals surface area contributed by atoms with Crippen molar-refractivity contribution in [3.63, 3.8) is 0 Å². The van der Waals surface area contributed by atoms with Gasteiger partial charge in [0, 0.05) is 6.61 Å². The van der Waals surface area contributed by atoms with E-state index in [4.69, 9.17) is 9.84 Å². The molecule has 0 fully saturated rings. The van der Waals surface area contributed by atoms with Gasteiger partial charge in [-0.25, -0.2) is 0 Å². The fourth-order valence-electron chi connectivity index (χ4n) is 2.17. The van der Waals surface area contributed by atoms with Gasteiger partial charge in [-0.05, 0) is 40.2 Å². The first-order valence-corrected chi connectivity index (χ1v) is 10.4. The Morgan fingerprint density at radius 1 is 1.07 bits per heavy atom. The number of rotatable bonds is 16. The normalized spacial score (nSPS) is 13.8. The number of nitrogens with one attached hydrogen (secondary N) is 4. The van der Waals surface area contributed by atoms with E-state index < -0.39 is 43.1 Å². The fourth-order valence-corrected chi connectivity index (χ4v) is 2.87. The number of thioether (sulfide) groups is 1. The number of carbonyl (C=O) groups excluding carboxylic acids is 3. The first kappa shape index (κ1) is 27.1. The van der Waals surface area contributed by atoms with Gasteiger partial charge in [0.05, 0.1) is 12.3 Å². The van der Waals surface area contributed by atoms with Gasteiger partial charge in [0.2, 0.25) is 17.7 Å². The molecule has 0 aliphatic rings. The van der Waals surface area contributed by atoms with Crippen LogP contribution in [0, 0.1) is 0 Å². The molecule has 0 aliphatic carbocycles. The van der Waals surface area contributed by atoms with Crippen LogP contribution in [0.5, 0.6) is 0 Å². The van der Waals surface area contributed by atoms with Gasteiger partial charge < -0.3 is 30.9 Å². The molecule has 6 N–H and O–H groups in total. The minimum atomic E-state index is -1.20. The second-order valence-corrected chi connectivity index (χ2v) is 7.36. The van der Waals surface area contributed by atoms with Crippen molar-refractivity contribution in [3.05, 3.63) is 0 Å². The SMILES string of the molecule is CCOC(C)SCC(=O)NC(CCCC(O)NC)C(=O)NCC(=O)NCC(=O)O. The molecule has 3 amide bonds. The number of aliphatic hydroxyl groups is 1. The number of carboxylic acids is 1. The molecular weight excluding hydrogens is 404 g/mol. The molecule has 0 saturated carbocycles. The minimum Gasteiger partial charge on any atom is -0.480 e. The van der Waals surface area contributed by atoms with Gasteiger partial charge >= 0.3 is 5.97 Å². The molecule has 0 bridgehead atoms.